The molecule has 3 aromatic carbocycles. The molecule has 43 heavy (non-hydrogen) atoms. The lowest BCUT2D eigenvalue weighted by Gasteiger charge is -2.41. The van der Waals surface area contributed by atoms with Crippen LogP contribution in [0.2, 0.25) is 18.1 Å². The largest absolute Gasteiger partial charge is 0.463 e. The van der Waals surface area contributed by atoms with E-state index in [0.29, 0.717) is 13.2 Å². The van der Waals surface area contributed by atoms with E-state index in [-0.39, 0.29) is 23.9 Å². The predicted molar refractivity (Wildman–Crippen MR) is 180 cm³/mol. The van der Waals surface area contributed by atoms with Crippen molar-refractivity contribution in [3.05, 3.63) is 132 Å². The van der Waals surface area contributed by atoms with E-state index < -0.39 is 13.9 Å². The molecule has 0 aliphatic rings. The van der Waals surface area contributed by atoms with E-state index in [1.807, 2.05) is 31.2 Å². The molecule has 0 heterocycles. The number of ether oxygens (including phenoxy) is 2. The van der Waals surface area contributed by atoms with Gasteiger partial charge in [0.25, 0.3) is 0 Å². The van der Waals surface area contributed by atoms with Crippen molar-refractivity contribution in [2.45, 2.75) is 71.4 Å². The van der Waals surface area contributed by atoms with Gasteiger partial charge < -0.3 is 13.9 Å². The molecule has 0 aliphatic carbocycles. The quantitative estimate of drug-likeness (QED) is 0.0511. The van der Waals surface area contributed by atoms with Crippen molar-refractivity contribution in [3.8, 4) is 0 Å². The second-order valence-corrected chi connectivity index (χ2v) is 16.0. The molecule has 230 valence electrons. The molecule has 3 aromatic rings. The summed E-state index contributed by atoms with van der Waals surface area (Å²) in [7, 11) is -1.93. The Hall–Kier alpha value is -3.25. The number of esters is 1. The van der Waals surface area contributed by atoms with Crippen molar-refractivity contribution in [3.63, 3.8) is 0 Å². The Bertz CT molecular complexity index is 1160. The second-order valence-electron chi connectivity index (χ2n) is 11.2. The molecule has 0 bridgehead atoms. The van der Waals surface area contributed by atoms with Gasteiger partial charge in [-0.25, -0.2) is 4.79 Å². The smallest absolute Gasteiger partial charge is 0.330 e. The summed E-state index contributed by atoms with van der Waals surface area (Å²) in [5, 5.41) is 0. The van der Waals surface area contributed by atoms with E-state index in [2.05, 4.69) is 113 Å². The molecule has 0 amide bonds. The third-order valence-corrected chi connectivity index (χ3v) is 13.2. The molecule has 0 aromatic heterocycles. The van der Waals surface area contributed by atoms with Gasteiger partial charge >= 0.3 is 5.97 Å². The average molecular weight is 599 g/mol. The fourth-order valence-corrected chi connectivity index (χ4v) is 8.85. The molecule has 0 fully saturated rings. The van der Waals surface area contributed by atoms with Crippen LogP contribution >= 0.6 is 0 Å². The number of rotatable bonds is 17. The first-order chi connectivity index (χ1) is 20.9. The minimum atomic E-state index is -1.93. The average Bonchev–Trinajstić information content (AvgIpc) is 3.06. The third kappa shape index (κ3) is 8.88. The fourth-order valence-electron chi connectivity index (χ4n) is 5.82. The van der Waals surface area contributed by atoms with Crippen molar-refractivity contribution in [1.82, 2.24) is 0 Å². The van der Waals surface area contributed by atoms with E-state index in [0.717, 1.165) is 34.8 Å². The Kier molecular flexibility index (Phi) is 13.7. The van der Waals surface area contributed by atoms with E-state index in [1.165, 1.54) is 6.08 Å². The fraction of sp³-hybridized carbons (Fsp3) is 0.395. The van der Waals surface area contributed by atoms with E-state index in [1.54, 1.807) is 6.08 Å². The van der Waals surface area contributed by atoms with E-state index >= 15 is 0 Å². The van der Waals surface area contributed by atoms with Crippen LogP contribution in [0.3, 0.4) is 0 Å². The van der Waals surface area contributed by atoms with E-state index in [4.69, 9.17) is 13.9 Å². The molecule has 3 atom stereocenters. The molecule has 3 rings (SSSR count). The highest BCUT2D eigenvalue weighted by molar-refractivity contribution is 6.73. The Balaban J connectivity index is 2.00. The number of hydrogen-bond acceptors (Lipinski definition) is 4. The maximum absolute atomic E-state index is 11.8. The van der Waals surface area contributed by atoms with Crippen LogP contribution in [0.25, 0.3) is 0 Å². The SMILES string of the molecule is CCOC(=O)/C=C/C=C/[C@H](C)[C@H](O[Si](CC)(CC)CC)[C@@H](C)COC(c1ccccc1)(c1ccccc1)c1ccccc1. The van der Waals surface area contributed by atoms with Crippen molar-refractivity contribution in [2.75, 3.05) is 13.2 Å². The molecule has 0 saturated heterocycles. The number of carbonyl (C=O) groups excluding carboxylic acids is 1. The summed E-state index contributed by atoms with van der Waals surface area (Å²) in [5.41, 5.74) is 2.49. The molecule has 4 nitrogen and oxygen atoms in total. The van der Waals surface area contributed by atoms with Gasteiger partial charge in [0.1, 0.15) is 5.60 Å². The maximum Gasteiger partial charge on any atom is 0.330 e. The number of benzene rings is 3. The highest BCUT2D eigenvalue weighted by Gasteiger charge is 2.40. The minimum absolute atomic E-state index is 0.0428. The van der Waals surface area contributed by atoms with Crippen LogP contribution in [0.1, 0.15) is 58.2 Å². The molecule has 0 aliphatic heterocycles. The third-order valence-electron chi connectivity index (χ3n) is 8.55. The zero-order valence-electron chi connectivity index (χ0n) is 26.9. The second kappa shape index (κ2) is 17.1. The van der Waals surface area contributed by atoms with Crippen LogP contribution < -0.4 is 0 Å². The van der Waals surface area contributed by atoms with Crippen LogP contribution in [-0.2, 0) is 24.3 Å². The van der Waals surface area contributed by atoms with Crippen molar-refractivity contribution >= 4 is 14.3 Å². The summed E-state index contributed by atoms with van der Waals surface area (Å²) in [6.45, 7) is 13.9. The molecule has 0 saturated carbocycles. The summed E-state index contributed by atoms with van der Waals surface area (Å²) in [4.78, 5) is 11.8. The Morgan fingerprint density at radius 2 is 1.21 bits per heavy atom. The van der Waals surface area contributed by atoms with Gasteiger partial charge in [0.2, 0.25) is 0 Å². The van der Waals surface area contributed by atoms with Gasteiger partial charge in [-0.05, 0) is 47.7 Å². The highest BCUT2D eigenvalue weighted by atomic mass is 28.4. The predicted octanol–water partition coefficient (Wildman–Crippen LogP) is 9.33. The number of allylic oxidation sites excluding steroid dienone is 2. The molecule has 0 radical (unpaired) electrons. The van der Waals surface area contributed by atoms with Crippen molar-refractivity contribution in [2.24, 2.45) is 11.8 Å². The van der Waals surface area contributed by atoms with Gasteiger partial charge in [0.15, 0.2) is 8.32 Å². The highest BCUT2D eigenvalue weighted by Crippen LogP contribution is 2.41. The van der Waals surface area contributed by atoms with Crippen LogP contribution in [0.5, 0.6) is 0 Å². The molecular formula is C38H50O4Si. The molecule has 0 N–H and O–H groups in total. The Morgan fingerprint density at radius 1 is 0.744 bits per heavy atom. The van der Waals surface area contributed by atoms with Gasteiger partial charge in [-0.2, -0.15) is 0 Å². The first kappa shape index (κ1) is 34.2. The zero-order valence-corrected chi connectivity index (χ0v) is 27.9. The molecule has 5 heteroatoms. The van der Waals surface area contributed by atoms with Crippen molar-refractivity contribution < 1.29 is 18.7 Å². The van der Waals surface area contributed by atoms with E-state index in [9.17, 15) is 4.79 Å². The number of hydrogen-bond donors (Lipinski definition) is 0. The lowest BCUT2D eigenvalue weighted by molar-refractivity contribution is -0.137. The summed E-state index contributed by atoms with van der Waals surface area (Å²) < 4.78 is 19.4. The summed E-state index contributed by atoms with van der Waals surface area (Å²) in [6, 6.07) is 34.8. The maximum atomic E-state index is 11.8. The van der Waals surface area contributed by atoms with Gasteiger partial charge in [0, 0.05) is 12.0 Å². The van der Waals surface area contributed by atoms with Crippen molar-refractivity contribution in [1.29, 1.82) is 0 Å². The van der Waals surface area contributed by atoms with Crippen LogP contribution in [0.4, 0.5) is 0 Å². The topological polar surface area (TPSA) is 44.8 Å². The Morgan fingerprint density at radius 3 is 1.63 bits per heavy atom. The Labute approximate surface area is 260 Å². The lowest BCUT2D eigenvalue weighted by Crippen LogP contribution is -2.46. The summed E-state index contributed by atoms with van der Waals surface area (Å²) in [6.07, 6.45) is 7.24. The van der Waals surface area contributed by atoms with Gasteiger partial charge in [-0.15, -0.1) is 0 Å². The standard InChI is InChI=1S/C38H50O4Si/c1-7-40-36(39)29-21-20-22-31(5)37(42-43(8-2,9-3)10-4)32(6)30-41-38(33-23-14-11-15-24-33,34-25-16-12-17-26-34)35-27-18-13-19-28-35/h11-29,31-32,37H,7-10,30H2,1-6H3/b22-20+,29-21+/t31-,32-,37-/m0/s1. The molecule has 0 spiro atoms. The molecular weight excluding hydrogens is 549 g/mol. The number of carbonyl (C=O) groups is 1. The summed E-state index contributed by atoms with van der Waals surface area (Å²) >= 11 is 0. The zero-order chi connectivity index (χ0) is 31.1. The first-order valence-electron chi connectivity index (χ1n) is 15.9. The van der Waals surface area contributed by atoms with Crippen LogP contribution in [0.15, 0.2) is 115 Å². The molecule has 0 unspecified atom stereocenters. The lowest BCUT2D eigenvalue weighted by atomic mass is 9.80. The van der Waals surface area contributed by atoms with Crippen LogP contribution in [0, 0.1) is 11.8 Å². The van der Waals surface area contributed by atoms with Gasteiger partial charge in [-0.3, -0.25) is 0 Å². The van der Waals surface area contributed by atoms with Gasteiger partial charge in [0.05, 0.1) is 19.3 Å². The normalized spacial score (nSPS) is 14.6. The first-order valence-corrected chi connectivity index (χ1v) is 18.4. The minimum Gasteiger partial charge on any atom is -0.463 e. The summed E-state index contributed by atoms with van der Waals surface area (Å²) in [5.74, 6) is -0.120. The monoisotopic (exact) mass is 598 g/mol. The van der Waals surface area contributed by atoms with Gasteiger partial charge in [-0.1, -0.05) is 144 Å². The van der Waals surface area contributed by atoms with Crippen LogP contribution in [-0.4, -0.2) is 33.6 Å².